The van der Waals surface area contributed by atoms with Crippen molar-refractivity contribution in [2.75, 3.05) is 7.11 Å². The van der Waals surface area contributed by atoms with E-state index < -0.39 is 11.8 Å². The highest BCUT2D eigenvalue weighted by molar-refractivity contribution is 5.89. The minimum atomic E-state index is -0.646. The first-order valence-electron chi connectivity index (χ1n) is 7.26. The molecule has 0 amide bonds. The lowest BCUT2D eigenvalue weighted by Gasteiger charge is -2.08. The second-order valence-electron chi connectivity index (χ2n) is 5.14. The molecule has 0 saturated carbocycles. The average molecular weight is 326 g/mol. The van der Waals surface area contributed by atoms with E-state index in [2.05, 4.69) is 5.10 Å². The number of esters is 1. The molecule has 0 fully saturated rings. The fourth-order valence-electron chi connectivity index (χ4n) is 2.22. The van der Waals surface area contributed by atoms with Gasteiger partial charge in [-0.1, -0.05) is 18.2 Å². The minimum absolute atomic E-state index is 0.0703. The van der Waals surface area contributed by atoms with Gasteiger partial charge < -0.3 is 9.47 Å². The van der Waals surface area contributed by atoms with Crippen LogP contribution in [0.1, 0.15) is 16.1 Å². The smallest absolute Gasteiger partial charge is 0.364 e. The van der Waals surface area contributed by atoms with Crippen LogP contribution in [0.25, 0.3) is 5.69 Å². The molecule has 0 radical (unpaired) electrons. The number of carbonyl (C=O) groups is 1. The minimum Gasteiger partial charge on any atom is -0.493 e. The molecule has 24 heavy (non-hydrogen) atoms. The topological polar surface area (TPSA) is 53.4 Å². The summed E-state index contributed by atoms with van der Waals surface area (Å²) in [5, 5.41) is 4.07. The quantitative estimate of drug-likeness (QED) is 0.543. The summed E-state index contributed by atoms with van der Waals surface area (Å²) in [6.07, 6.45) is 1.50. The van der Waals surface area contributed by atoms with Gasteiger partial charge >= 0.3 is 5.97 Å². The van der Waals surface area contributed by atoms with Gasteiger partial charge in [0.25, 0.3) is 0 Å². The van der Waals surface area contributed by atoms with Crippen LogP contribution in [0, 0.1) is 12.7 Å². The molecule has 0 saturated heterocycles. The van der Waals surface area contributed by atoms with Crippen molar-refractivity contribution >= 4 is 5.97 Å². The number of nitrogens with zero attached hydrogens (tertiary/aromatic N) is 2. The van der Waals surface area contributed by atoms with Gasteiger partial charge in [0.15, 0.2) is 17.2 Å². The van der Waals surface area contributed by atoms with Crippen LogP contribution in [-0.2, 0) is 0 Å². The Bertz CT molecular complexity index is 889. The van der Waals surface area contributed by atoms with E-state index in [0.29, 0.717) is 11.5 Å². The number of aromatic nitrogens is 2. The number of benzene rings is 2. The number of hydrogen-bond acceptors (Lipinski definition) is 4. The van der Waals surface area contributed by atoms with Crippen molar-refractivity contribution in [2.45, 2.75) is 6.92 Å². The van der Waals surface area contributed by atoms with Crippen LogP contribution < -0.4 is 9.47 Å². The van der Waals surface area contributed by atoms with Gasteiger partial charge in [-0.3, -0.25) is 0 Å². The van der Waals surface area contributed by atoms with Gasteiger partial charge in [-0.15, -0.1) is 0 Å². The van der Waals surface area contributed by atoms with Crippen molar-refractivity contribution in [1.29, 1.82) is 0 Å². The molecule has 0 bridgehead atoms. The van der Waals surface area contributed by atoms with Crippen LogP contribution in [0.2, 0.25) is 0 Å². The molecule has 5 nitrogen and oxygen atoms in total. The predicted molar refractivity (Wildman–Crippen MR) is 86.2 cm³/mol. The molecule has 0 atom stereocenters. The molecular weight excluding hydrogens is 311 g/mol. The van der Waals surface area contributed by atoms with E-state index in [1.165, 1.54) is 30.1 Å². The maximum absolute atomic E-state index is 13.8. The van der Waals surface area contributed by atoms with Crippen molar-refractivity contribution in [1.82, 2.24) is 9.78 Å². The number of ether oxygens (including phenoxy) is 2. The van der Waals surface area contributed by atoms with Crippen LogP contribution in [0.15, 0.2) is 54.7 Å². The lowest BCUT2D eigenvalue weighted by Crippen LogP contribution is -2.11. The summed E-state index contributed by atoms with van der Waals surface area (Å²) in [5.74, 6) is -0.321. The molecular formula is C18H15FN2O3. The normalized spacial score (nSPS) is 10.5. The van der Waals surface area contributed by atoms with Gasteiger partial charge in [-0.2, -0.15) is 5.10 Å². The number of hydrogen-bond donors (Lipinski definition) is 0. The molecule has 122 valence electrons. The zero-order chi connectivity index (χ0) is 17.1. The van der Waals surface area contributed by atoms with E-state index in [4.69, 9.17) is 9.47 Å². The van der Waals surface area contributed by atoms with E-state index in [9.17, 15) is 9.18 Å². The summed E-state index contributed by atoms with van der Waals surface area (Å²) in [6, 6.07) is 12.9. The Balaban J connectivity index is 1.83. The average Bonchev–Trinajstić information content (AvgIpc) is 3.06. The highest BCUT2D eigenvalue weighted by atomic mass is 19.1. The first kappa shape index (κ1) is 15.7. The maximum atomic E-state index is 13.8. The lowest BCUT2D eigenvalue weighted by atomic mass is 10.2. The van der Waals surface area contributed by atoms with Crippen LogP contribution >= 0.6 is 0 Å². The Morgan fingerprint density at radius 3 is 2.67 bits per heavy atom. The monoisotopic (exact) mass is 326 g/mol. The zero-order valence-corrected chi connectivity index (χ0v) is 13.2. The van der Waals surface area contributed by atoms with E-state index in [0.717, 1.165) is 5.56 Å². The van der Waals surface area contributed by atoms with E-state index in [-0.39, 0.29) is 11.4 Å². The molecule has 0 N–H and O–H groups in total. The van der Waals surface area contributed by atoms with Crippen molar-refractivity contribution in [3.05, 3.63) is 71.8 Å². The molecule has 1 heterocycles. The summed E-state index contributed by atoms with van der Waals surface area (Å²) in [5.41, 5.74) is 1.31. The summed E-state index contributed by atoms with van der Waals surface area (Å²) in [6.45, 7) is 1.91. The third-order valence-corrected chi connectivity index (χ3v) is 3.42. The van der Waals surface area contributed by atoms with Crippen molar-refractivity contribution < 1.29 is 18.7 Å². The molecule has 0 unspecified atom stereocenters. The van der Waals surface area contributed by atoms with Gasteiger partial charge in [0.1, 0.15) is 11.5 Å². The van der Waals surface area contributed by atoms with Crippen LogP contribution in [0.3, 0.4) is 0 Å². The lowest BCUT2D eigenvalue weighted by molar-refractivity contribution is 0.0723. The Morgan fingerprint density at radius 2 is 1.92 bits per heavy atom. The number of carbonyl (C=O) groups excluding carboxylic acids is 1. The molecule has 1 aromatic heterocycles. The number of rotatable bonds is 4. The molecule has 0 aliphatic rings. The SMILES string of the molecule is COc1cc(C)ccc1OC(=O)c1ccn(-c2ccccc2F)n1. The molecule has 0 spiro atoms. The Hall–Kier alpha value is -3.15. The number of methoxy groups -OCH3 is 1. The van der Waals surface area contributed by atoms with Crippen molar-refractivity contribution in [2.24, 2.45) is 0 Å². The van der Waals surface area contributed by atoms with Gasteiger partial charge in [-0.05, 0) is 42.8 Å². The molecule has 6 heteroatoms. The number of halogens is 1. The summed E-state index contributed by atoms with van der Waals surface area (Å²) < 4.78 is 25.6. The van der Waals surface area contributed by atoms with Crippen molar-refractivity contribution in [3.63, 3.8) is 0 Å². The summed E-state index contributed by atoms with van der Waals surface area (Å²) in [4.78, 5) is 12.2. The first-order chi connectivity index (χ1) is 11.6. The third-order valence-electron chi connectivity index (χ3n) is 3.42. The predicted octanol–water partition coefficient (Wildman–Crippen LogP) is 3.55. The standard InChI is InChI=1S/C18H15FN2O3/c1-12-7-8-16(17(11-12)23-2)24-18(22)14-9-10-21(20-14)15-6-4-3-5-13(15)19/h3-11H,1-2H3. The Kier molecular flexibility index (Phi) is 4.29. The Labute approximate surface area is 138 Å². The first-order valence-corrected chi connectivity index (χ1v) is 7.26. The van der Waals surface area contributed by atoms with Crippen LogP contribution in [-0.4, -0.2) is 22.9 Å². The molecule has 3 aromatic rings. The van der Waals surface area contributed by atoms with E-state index in [1.54, 1.807) is 30.3 Å². The van der Waals surface area contributed by atoms with Gasteiger partial charge in [0.2, 0.25) is 0 Å². The Morgan fingerprint density at radius 1 is 1.12 bits per heavy atom. The molecule has 0 aliphatic carbocycles. The van der Waals surface area contributed by atoms with Crippen LogP contribution in [0.5, 0.6) is 11.5 Å². The molecule has 3 rings (SSSR count). The maximum Gasteiger partial charge on any atom is 0.364 e. The molecule has 0 aliphatic heterocycles. The van der Waals surface area contributed by atoms with Gasteiger partial charge in [-0.25, -0.2) is 13.9 Å². The van der Waals surface area contributed by atoms with Gasteiger partial charge in [0, 0.05) is 6.20 Å². The summed E-state index contributed by atoms with van der Waals surface area (Å²) >= 11 is 0. The van der Waals surface area contributed by atoms with Crippen molar-refractivity contribution in [3.8, 4) is 17.2 Å². The highest BCUT2D eigenvalue weighted by Gasteiger charge is 2.16. The fourth-order valence-corrected chi connectivity index (χ4v) is 2.22. The highest BCUT2D eigenvalue weighted by Crippen LogP contribution is 2.28. The zero-order valence-electron chi connectivity index (χ0n) is 13.2. The fraction of sp³-hybridized carbons (Fsp3) is 0.111. The third kappa shape index (κ3) is 3.12. The van der Waals surface area contributed by atoms with E-state index in [1.807, 2.05) is 13.0 Å². The second-order valence-corrected chi connectivity index (χ2v) is 5.14. The largest absolute Gasteiger partial charge is 0.493 e. The summed E-state index contributed by atoms with van der Waals surface area (Å²) in [7, 11) is 1.50. The van der Waals surface area contributed by atoms with Crippen LogP contribution in [0.4, 0.5) is 4.39 Å². The second kappa shape index (κ2) is 6.54. The number of aryl methyl sites for hydroxylation is 1. The van der Waals surface area contributed by atoms with E-state index >= 15 is 0 Å². The number of para-hydroxylation sites is 1. The molecule has 2 aromatic carbocycles. The van der Waals surface area contributed by atoms with Gasteiger partial charge in [0.05, 0.1) is 7.11 Å².